The molecule has 7 heteroatoms. The summed E-state index contributed by atoms with van der Waals surface area (Å²) in [6.07, 6.45) is 0. The molecule has 0 aliphatic rings. The van der Waals surface area contributed by atoms with Crippen molar-refractivity contribution < 1.29 is 17.2 Å². The number of nitrogens with two attached hydrogens (primary N) is 1. The molecule has 0 bridgehead atoms. The minimum absolute atomic E-state index is 0.0126. The largest absolute Gasteiger partial charge is 0.399 e. The lowest BCUT2D eigenvalue weighted by molar-refractivity contribution is 0.595. The van der Waals surface area contributed by atoms with Crippen LogP contribution in [0.5, 0.6) is 0 Å². The van der Waals surface area contributed by atoms with Gasteiger partial charge in [0, 0.05) is 5.69 Å². The van der Waals surface area contributed by atoms with Crippen LogP contribution in [0.25, 0.3) is 0 Å². The van der Waals surface area contributed by atoms with Crippen LogP contribution in [-0.4, -0.2) is 8.42 Å². The molecule has 0 aliphatic carbocycles. The predicted octanol–water partition coefficient (Wildman–Crippen LogP) is 2.66. The summed E-state index contributed by atoms with van der Waals surface area (Å²) in [6.45, 7) is 1.62. The zero-order chi connectivity index (χ0) is 14.9. The highest BCUT2D eigenvalue weighted by atomic mass is 32.2. The van der Waals surface area contributed by atoms with Gasteiger partial charge in [-0.1, -0.05) is 6.07 Å². The van der Waals surface area contributed by atoms with Crippen LogP contribution >= 0.6 is 0 Å². The molecule has 0 atom stereocenters. The van der Waals surface area contributed by atoms with E-state index in [0.717, 1.165) is 24.3 Å². The third-order valence-corrected chi connectivity index (χ3v) is 3.99. The first-order valence-corrected chi connectivity index (χ1v) is 7.11. The topological polar surface area (TPSA) is 72.2 Å². The predicted molar refractivity (Wildman–Crippen MR) is 72.8 cm³/mol. The number of sulfonamides is 1. The minimum Gasteiger partial charge on any atom is -0.399 e. The van der Waals surface area contributed by atoms with Gasteiger partial charge in [0.1, 0.15) is 11.6 Å². The molecule has 0 unspecified atom stereocenters. The second kappa shape index (κ2) is 5.09. The molecule has 0 fully saturated rings. The number of rotatable bonds is 3. The molecule has 0 spiro atoms. The van der Waals surface area contributed by atoms with Gasteiger partial charge in [0.25, 0.3) is 10.0 Å². The van der Waals surface area contributed by atoms with E-state index in [1.807, 2.05) is 0 Å². The lowest BCUT2D eigenvalue weighted by atomic mass is 10.2. The second-order valence-corrected chi connectivity index (χ2v) is 5.97. The van der Waals surface area contributed by atoms with Gasteiger partial charge in [0.2, 0.25) is 0 Å². The Bertz CT molecular complexity index is 741. The molecule has 0 saturated heterocycles. The Labute approximate surface area is 115 Å². The molecule has 2 rings (SSSR count). The standard InChI is InChI=1S/C13H12F2N2O2S/c1-8-2-3-9(14)6-13(8)17-20(18,19)12-5-10(15)4-11(16)7-12/h2-7,17H,16H2,1H3. The lowest BCUT2D eigenvalue weighted by Crippen LogP contribution is -2.14. The number of aryl methyl sites for hydroxylation is 1. The fourth-order valence-corrected chi connectivity index (χ4v) is 2.83. The fourth-order valence-electron chi connectivity index (χ4n) is 1.65. The quantitative estimate of drug-likeness (QED) is 0.856. The van der Waals surface area contributed by atoms with Crippen LogP contribution < -0.4 is 10.5 Å². The molecule has 3 N–H and O–H groups in total. The molecule has 0 radical (unpaired) electrons. The fraction of sp³-hybridized carbons (Fsp3) is 0.0769. The van der Waals surface area contributed by atoms with Gasteiger partial charge in [-0.25, -0.2) is 17.2 Å². The Morgan fingerprint density at radius 1 is 1.05 bits per heavy atom. The molecule has 0 aromatic heterocycles. The summed E-state index contributed by atoms with van der Waals surface area (Å²) in [5.74, 6) is -1.34. The summed E-state index contributed by atoms with van der Waals surface area (Å²) in [5, 5.41) is 0. The molecular weight excluding hydrogens is 286 g/mol. The first-order valence-electron chi connectivity index (χ1n) is 5.63. The van der Waals surface area contributed by atoms with Crippen molar-refractivity contribution in [2.75, 3.05) is 10.5 Å². The van der Waals surface area contributed by atoms with Crippen LogP contribution in [0, 0.1) is 18.6 Å². The number of anilines is 2. The highest BCUT2D eigenvalue weighted by Gasteiger charge is 2.17. The van der Waals surface area contributed by atoms with E-state index in [2.05, 4.69) is 4.72 Å². The van der Waals surface area contributed by atoms with E-state index in [0.29, 0.717) is 5.56 Å². The number of benzene rings is 2. The van der Waals surface area contributed by atoms with Crippen LogP contribution in [0.15, 0.2) is 41.3 Å². The summed E-state index contributed by atoms with van der Waals surface area (Å²) in [7, 11) is -4.03. The van der Waals surface area contributed by atoms with Gasteiger partial charge in [-0.2, -0.15) is 0 Å². The van der Waals surface area contributed by atoms with Gasteiger partial charge < -0.3 is 5.73 Å². The van der Waals surface area contributed by atoms with Crippen molar-refractivity contribution in [2.45, 2.75) is 11.8 Å². The van der Waals surface area contributed by atoms with Crippen molar-refractivity contribution in [3.05, 3.63) is 53.6 Å². The number of nitrogen functional groups attached to an aromatic ring is 1. The zero-order valence-electron chi connectivity index (χ0n) is 10.5. The molecule has 106 valence electrons. The van der Waals surface area contributed by atoms with Crippen molar-refractivity contribution in [3.8, 4) is 0 Å². The molecule has 0 saturated carbocycles. The van der Waals surface area contributed by atoms with Crippen molar-refractivity contribution in [3.63, 3.8) is 0 Å². The highest BCUT2D eigenvalue weighted by Crippen LogP contribution is 2.22. The Hall–Kier alpha value is -2.15. The SMILES string of the molecule is Cc1ccc(F)cc1NS(=O)(=O)c1cc(N)cc(F)c1. The molecule has 0 amide bonds. The minimum atomic E-state index is -4.03. The van der Waals surface area contributed by atoms with Crippen LogP contribution in [0.1, 0.15) is 5.56 Å². The van der Waals surface area contributed by atoms with Gasteiger partial charge >= 0.3 is 0 Å². The van der Waals surface area contributed by atoms with Crippen LogP contribution in [-0.2, 0) is 10.0 Å². The first-order chi connectivity index (χ1) is 9.28. The number of hydrogen-bond acceptors (Lipinski definition) is 3. The van der Waals surface area contributed by atoms with E-state index in [-0.39, 0.29) is 16.3 Å². The van der Waals surface area contributed by atoms with E-state index in [1.54, 1.807) is 6.92 Å². The summed E-state index contributed by atoms with van der Waals surface area (Å²) < 4.78 is 52.8. The average molecular weight is 298 g/mol. The summed E-state index contributed by atoms with van der Waals surface area (Å²) in [5.41, 5.74) is 6.03. The van der Waals surface area contributed by atoms with E-state index in [4.69, 9.17) is 5.73 Å². The molecular formula is C13H12F2N2O2S. The zero-order valence-corrected chi connectivity index (χ0v) is 11.3. The molecule has 20 heavy (non-hydrogen) atoms. The Morgan fingerprint density at radius 2 is 1.75 bits per heavy atom. The van der Waals surface area contributed by atoms with E-state index < -0.39 is 21.7 Å². The van der Waals surface area contributed by atoms with E-state index in [9.17, 15) is 17.2 Å². The van der Waals surface area contributed by atoms with Crippen molar-refractivity contribution >= 4 is 21.4 Å². The monoisotopic (exact) mass is 298 g/mol. The normalized spacial score (nSPS) is 11.3. The third kappa shape index (κ3) is 3.05. The van der Waals surface area contributed by atoms with Crippen LogP contribution in [0.2, 0.25) is 0 Å². The van der Waals surface area contributed by atoms with Crippen molar-refractivity contribution in [1.82, 2.24) is 0 Å². The highest BCUT2D eigenvalue weighted by molar-refractivity contribution is 7.92. The van der Waals surface area contributed by atoms with Crippen LogP contribution in [0.4, 0.5) is 20.2 Å². The molecule has 2 aromatic rings. The Balaban J connectivity index is 2.43. The van der Waals surface area contributed by atoms with Gasteiger partial charge in [-0.15, -0.1) is 0 Å². The van der Waals surface area contributed by atoms with Gasteiger partial charge in [0.15, 0.2) is 0 Å². The van der Waals surface area contributed by atoms with E-state index in [1.165, 1.54) is 12.1 Å². The molecule has 0 aliphatic heterocycles. The Morgan fingerprint density at radius 3 is 2.40 bits per heavy atom. The maximum Gasteiger partial charge on any atom is 0.262 e. The molecule has 4 nitrogen and oxygen atoms in total. The van der Waals surface area contributed by atoms with Gasteiger partial charge in [0.05, 0.1) is 10.6 Å². The van der Waals surface area contributed by atoms with Crippen molar-refractivity contribution in [1.29, 1.82) is 0 Å². The molecule has 0 heterocycles. The van der Waals surface area contributed by atoms with Gasteiger partial charge in [-0.3, -0.25) is 4.72 Å². The van der Waals surface area contributed by atoms with Crippen molar-refractivity contribution in [2.24, 2.45) is 0 Å². The summed E-state index contributed by atoms with van der Waals surface area (Å²) >= 11 is 0. The third-order valence-electron chi connectivity index (χ3n) is 2.65. The number of nitrogens with one attached hydrogen (secondary N) is 1. The van der Waals surface area contributed by atoms with E-state index >= 15 is 0 Å². The maximum atomic E-state index is 13.2. The smallest absolute Gasteiger partial charge is 0.262 e. The average Bonchev–Trinajstić information content (AvgIpc) is 2.32. The first kappa shape index (κ1) is 14.3. The second-order valence-electron chi connectivity index (χ2n) is 4.29. The lowest BCUT2D eigenvalue weighted by Gasteiger charge is -2.11. The maximum absolute atomic E-state index is 13.2. The molecule has 2 aromatic carbocycles. The van der Waals surface area contributed by atoms with Crippen LogP contribution in [0.3, 0.4) is 0 Å². The summed E-state index contributed by atoms with van der Waals surface area (Å²) in [6, 6.07) is 6.68. The Kier molecular flexibility index (Phi) is 3.63. The summed E-state index contributed by atoms with van der Waals surface area (Å²) in [4.78, 5) is -0.321. The van der Waals surface area contributed by atoms with Gasteiger partial charge in [-0.05, 0) is 42.8 Å². The number of hydrogen-bond donors (Lipinski definition) is 2. The number of halogens is 2.